The number of hydrogen-bond donors (Lipinski definition) is 0. The van der Waals surface area contributed by atoms with Crippen molar-refractivity contribution in [3.8, 4) is 0 Å². The maximum absolute atomic E-state index is 2.25. The van der Waals surface area contributed by atoms with Crippen molar-refractivity contribution < 1.29 is 0 Å². The van der Waals surface area contributed by atoms with E-state index in [2.05, 4.69) is 60.7 Å². The van der Waals surface area contributed by atoms with Gasteiger partial charge in [0.2, 0.25) is 0 Å². The first-order valence-electron chi connectivity index (χ1n) is 12.0. The van der Waals surface area contributed by atoms with Crippen molar-refractivity contribution in [2.45, 2.75) is 103 Å². The molecule has 0 fully saturated rings. The van der Waals surface area contributed by atoms with E-state index in [0.29, 0.717) is 0 Å². The van der Waals surface area contributed by atoms with Crippen molar-refractivity contribution in [2.24, 2.45) is 0 Å². The van der Waals surface area contributed by atoms with E-state index >= 15 is 0 Å². The largest absolute Gasteiger partial charge is 0.0622 e. The molecule has 2 aromatic rings. The lowest BCUT2D eigenvalue weighted by Crippen LogP contribution is -1.87. The van der Waals surface area contributed by atoms with Crippen molar-refractivity contribution in [2.75, 3.05) is 0 Å². The molecule has 154 valence electrons. The molecule has 0 atom stereocenters. The van der Waals surface area contributed by atoms with E-state index < -0.39 is 0 Å². The zero-order valence-corrected chi connectivity index (χ0v) is 18.1. The molecule has 0 heteroatoms. The van der Waals surface area contributed by atoms with E-state index in [1.54, 1.807) is 0 Å². The van der Waals surface area contributed by atoms with Crippen LogP contribution in [0.2, 0.25) is 0 Å². The summed E-state index contributed by atoms with van der Waals surface area (Å²) in [6.45, 7) is 0. The van der Waals surface area contributed by atoms with Crippen LogP contribution in [0, 0.1) is 0 Å². The van der Waals surface area contributed by atoms with Crippen molar-refractivity contribution >= 4 is 0 Å². The summed E-state index contributed by atoms with van der Waals surface area (Å²) < 4.78 is 0. The smallest absolute Gasteiger partial charge is 0.0279 e. The Morgan fingerprint density at radius 1 is 0.286 bits per heavy atom. The van der Waals surface area contributed by atoms with Gasteiger partial charge in [0.05, 0.1) is 0 Å². The monoisotopic (exact) mass is 378 g/mol. The van der Waals surface area contributed by atoms with Crippen LogP contribution in [0.5, 0.6) is 0 Å². The van der Waals surface area contributed by atoms with E-state index in [0.717, 1.165) is 0 Å². The van der Waals surface area contributed by atoms with Gasteiger partial charge in [0, 0.05) is 0 Å². The number of unbranched alkanes of at least 4 members (excludes halogenated alkanes) is 13. The SMILES string of the molecule is c1ccc(CCCCCCCCCCCCCCCCc2ccccc2)cc1. The van der Waals surface area contributed by atoms with E-state index in [1.165, 1.54) is 114 Å². The number of hydrogen-bond acceptors (Lipinski definition) is 0. The summed E-state index contributed by atoms with van der Waals surface area (Å²) in [4.78, 5) is 0. The van der Waals surface area contributed by atoms with Crippen molar-refractivity contribution in [3.05, 3.63) is 71.8 Å². The quantitative estimate of drug-likeness (QED) is 0.241. The summed E-state index contributed by atoms with van der Waals surface area (Å²) in [6.07, 6.45) is 22.5. The van der Waals surface area contributed by atoms with Crippen LogP contribution in [0.3, 0.4) is 0 Å². The van der Waals surface area contributed by atoms with Gasteiger partial charge in [0.1, 0.15) is 0 Å². The Bertz CT molecular complexity index is 504. The standard InChI is InChI=1S/C28H42/c1(3-5-7-9-11-15-21-27-23-17-13-18-24-27)2-4-6-8-10-12-16-22-28-25-19-14-20-26-28/h13-14,17-20,23-26H,1-12,15-16,21-22H2. The van der Waals surface area contributed by atoms with E-state index in [-0.39, 0.29) is 0 Å². The highest BCUT2D eigenvalue weighted by atomic mass is 14.0. The summed E-state index contributed by atoms with van der Waals surface area (Å²) in [5.74, 6) is 0. The fourth-order valence-electron chi connectivity index (χ4n) is 4.07. The molecule has 28 heavy (non-hydrogen) atoms. The third-order valence-corrected chi connectivity index (χ3v) is 5.87. The molecule has 0 amide bonds. The van der Waals surface area contributed by atoms with Crippen molar-refractivity contribution in [1.29, 1.82) is 0 Å². The van der Waals surface area contributed by atoms with Crippen LogP contribution in [0.15, 0.2) is 60.7 Å². The molecule has 0 heterocycles. The minimum absolute atomic E-state index is 1.26. The minimum atomic E-state index is 1.26. The highest BCUT2D eigenvalue weighted by molar-refractivity contribution is 5.15. The Labute approximate surface area is 174 Å². The van der Waals surface area contributed by atoms with E-state index in [1.807, 2.05) is 0 Å². The fourth-order valence-corrected chi connectivity index (χ4v) is 4.07. The van der Waals surface area contributed by atoms with E-state index in [4.69, 9.17) is 0 Å². The average Bonchev–Trinajstić information content (AvgIpc) is 2.75. The van der Waals surface area contributed by atoms with Crippen LogP contribution in [-0.2, 0) is 12.8 Å². The predicted molar refractivity (Wildman–Crippen MR) is 125 cm³/mol. The molecular formula is C28H42. The molecule has 2 aromatic carbocycles. The molecule has 0 aliphatic heterocycles. The molecule has 0 saturated carbocycles. The minimum Gasteiger partial charge on any atom is -0.0622 e. The molecule has 0 aromatic heterocycles. The maximum atomic E-state index is 2.25. The zero-order valence-electron chi connectivity index (χ0n) is 18.1. The number of benzene rings is 2. The average molecular weight is 379 g/mol. The van der Waals surface area contributed by atoms with Gasteiger partial charge in [-0.15, -0.1) is 0 Å². The summed E-state index contributed by atoms with van der Waals surface area (Å²) in [7, 11) is 0. The first-order valence-corrected chi connectivity index (χ1v) is 12.0. The Morgan fingerprint density at radius 2 is 0.536 bits per heavy atom. The van der Waals surface area contributed by atoms with Crippen LogP contribution in [0.25, 0.3) is 0 Å². The van der Waals surface area contributed by atoms with Gasteiger partial charge in [-0.25, -0.2) is 0 Å². The van der Waals surface area contributed by atoms with Crippen molar-refractivity contribution in [1.82, 2.24) is 0 Å². The predicted octanol–water partition coefficient (Wildman–Crippen LogP) is 8.93. The van der Waals surface area contributed by atoms with Gasteiger partial charge in [-0.05, 0) is 36.8 Å². The van der Waals surface area contributed by atoms with Gasteiger partial charge in [-0.1, -0.05) is 138 Å². The molecule has 0 bridgehead atoms. The second kappa shape index (κ2) is 16.4. The molecule has 0 nitrogen and oxygen atoms in total. The second-order valence-electron chi connectivity index (χ2n) is 8.42. The fraction of sp³-hybridized carbons (Fsp3) is 0.571. The third-order valence-electron chi connectivity index (χ3n) is 5.87. The molecule has 0 radical (unpaired) electrons. The second-order valence-corrected chi connectivity index (χ2v) is 8.42. The molecule has 2 rings (SSSR count). The summed E-state index contributed by atoms with van der Waals surface area (Å²) >= 11 is 0. The first-order chi connectivity index (χ1) is 13.9. The normalized spacial score (nSPS) is 11.0. The Morgan fingerprint density at radius 3 is 0.821 bits per heavy atom. The molecule has 0 aliphatic rings. The van der Waals surface area contributed by atoms with Gasteiger partial charge in [0.15, 0.2) is 0 Å². The van der Waals surface area contributed by atoms with Crippen LogP contribution < -0.4 is 0 Å². The molecule has 0 N–H and O–H groups in total. The highest BCUT2D eigenvalue weighted by Crippen LogP contribution is 2.14. The zero-order chi connectivity index (χ0) is 19.5. The molecule has 0 saturated heterocycles. The Balaban J connectivity index is 1.25. The molecule has 0 spiro atoms. The lowest BCUT2D eigenvalue weighted by Gasteiger charge is -2.04. The summed E-state index contributed by atoms with van der Waals surface area (Å²) in [6, 6.07) is 21.9. The lowest BCUT2D eigenvalue weighted by molar-refractivity contribution is 0.533. The van der Waals surface area contributed by atoms with Gasteiger partial charge in [0.25, 0.3) is 0 Å². The lowest BCUT2D eigenvalue weighted by atomic mass is 10.0. The van der Waals surface area contributed by atoms with Gasteiger partial charge in [-0.3, -0.25) is 0 Å². The molecule has 0 aliphatic carbocycles. The molecule has 0 unspecified atom stereocenters. The van der Waals surface area contributed by atoms with Crippen LogP contribution in [-0.4, -0.2) is 0 Å². The summed E-state index contributed by atoms with van der Waals surface area (Å²) in [5.41, 5.74) is 3.00. The van der Waals surface area contributed by atoms with Gasteiger partial charge < -0.3 is 0 Å². The van der Waals surface area contributed by atoms with Gasteiger partial charge >= 0.3 is 0 Å². The highest BCUT2D eigenvalue weighted by Gasteiger charge is 1.96. The first kappa shape index (κ1) is 22.7. The van der Waals surface area contributed by atoms with Crippen LogP contribution in [0.4, 0.5) is 0 Å². The Kier molecular flexibility index (Phi) is 13.3. The Hall–Kier alpha value is -1.56. The number of rotatable bonds is 17. The third kappa shape index (κ3) is 12.0. The van der Waals surface area contributed by atoms with E-state index in [9.17, 15) is 0 Å². The van der Waals surface area contributed by atoms with Crippen molar-refractivity contribution in [3.63, 3.8) is 0 Å². The van der Waals surface area contributed by atoms with Gasteiger partial charge in [-0.2, -0.15) is 0 Å². The van der Waals surface area contributed by atoms with Crippen LogP contribution in [0.1, 0.15) is 101 Å². The summed E-state index contributed by atoms with van der Waals surface area (Å²) in [5, 5.41) is 0. The van der Waals surface area contributed by atoms with Crippen LogP contribution >= 0.6 is 0 Å². The topological polar surface area (TPSA) is 0 Å². The molecular weight excluding hydrogens is 336 g/mol. The number of aryl methyl sites for hydroxylation is 2. The maximum Gasteiger partial charge on any atom is -0.0279 e.